The highest BCUT2D eigenvalue weighted by molar-refractivity contribution is 5.78. The molecule has 3 rings (SSSR count). The summed E-state index contributed by atoms with van der Waals surface area (Å²) in [4.78, 5) is 22.4. The van der Waals surface area contributed by atoms with Gasteiger partial charge in [0.15, 0.2) is 11.5 Å². The third-order valence-electron chi connectivity index (χ3n) is 4.39. The SMILES string of the molecule is CC(C)(CNC(=O)Cc1ccc([N+](=O)[O-])cc1)c1ccc2c(c1)OCO2. The van der Waals surface area contributed by atoms with Crippen molar-refractivity contribution in [3.05, 3.63) is 63.7 Å². The lowest BCUT2D eigenvalue weighted by Crippen LogP contribution is -2.37. The minimum Gasteiger partial charge on any atom is -0.454 e. The zero-order chi connectivity index (χ0) is 18.7. The third kappa shape index (κ3) is 3.93. The van der Waals surface area contributed by atoms with Crippen molar-refractivity contribution in [2.24, 2.45) is 0 Å². The van der Waals surface area contributed by atoms with Gasteiger partial charge in [-0.15, -0.1) is 0 Å². The van der Waals surface area contributed by atoms with Gasteiger partial charge in [0.1, 0.15) is 0 Å². The number of amides is 1. The predicted molar refractivity (Wildman–Crippen MR) is 95.4 cm³/mol. The van der Waals surface area contributed by atoms with Crippen LogP contribution in [0.4, 0.5) is 5.69 Å². The van der Waals surface area contributed by atoms with Gasteiger partial charge in [0.25, 0.3) is 5.69 Å². The van der Waals surface area contributed by atoms with Crippen LogP contribution in [0.3, 0.4) is 0 Å². The summed E-state index contributed by atoms with van der Waals surface area (Å²) in [5, 5.41) is 13.6. The number of benzene rings is 2. The fourth-order valence-corrected chi connectivity index (χ4v) is 2.72. The molecule has 2 aromatic rings. The van der Waals surface area contributed by atoms with E-state index < -0.39 is 4.92 Å². The predicted octanol–water partition coefficient (Wildman–Crippen LogP) is 2.96. The van der Waals surface area contributed by atoms with Crippen LogP contribution in [0.5, 0.6) is 11.5 Å². The molecule has 0 radical (unpaired) electrons. The van der Waals surface area contributed by atoms with Crippen molar-refractivity contribution in [1.29, 1.82) is 0 Å². The van der Waals surface area contributed by atoms with Gasteiger partial charge in [-0.1, -0.05) is 32.0 Å². The maximum absolute atomic E-state index is 12.2. The summed E-state index contributed by atoms with van der Waals surface area (Å²) >= 11 is 0. The monoisotopic (exact) mass is 356 g/mol. The van der Waals surface area contributed by atoms with Crippen LogP contribution in [0.25, 0.3) is 0 Å². The van der Waals surface area contributed by atoms with Gasteiger partial charge >= 0.3 is 0 Å². The lowest BCUT2D eigenvalue weighted by Gasteiger charge is -2.26. The minimum atomic E-state index is -0.461. The molecule has 136 valence electrons. The summed E-state index contributed by atoms with van der Waals surface area (Å²) in [7, 11) is 0. The largest absolute Gasteiger partial charge is 0.454 e. The van der Waals surface area contributed by atoms with Gasteiger partial charge in [-0.3, -0.25) is 14.9 Å². The second-order valence-electron chi connectivity index (χ2n) is 6.83. The topological polar surface area (TPSA) is 90.7 Å². The van der Waals surface area contributed by atoms with E-state index in [0.717, 1.165) is 16.9 Å². The number of carbonyl (C=O) groups is 1. The van der Waals surface area contributed by atoms with Gasteiger partial charge in [0.05, 0.1) is 11.3 Å². The highest BCUT2D eigenvalue weighted by Crippen LogP contribution is 2.36. The Morgan fingerprint density at radius 3 is 2.54 bits per heavy atom. The van der Waals surface area contributed by atoms with Crippen LogP contribution >= 0.6 is 0 Å². The van der Waals surface area contributed by atoms with Crippen molar-refractivity contribution in [2.75, 3.05) is 13.3 Å². The smallest absolute Gasteiger partial charge is 0.269 e. The second-order valence-corrected chi connectivity index (χ2v) is 6.83. The van der Waals surface area contributed by atoms with Gasteiger partial charge in [0.2, 0.25) is 12.7 Å². The Balaban J connectivity index is 1.58. The molecule has 1 N–H and O–H groups in total. The molecule has 0 bridgehead atoms. The summed E-state index contributed by atoms with van der Waals surface area (Å²) in [5.41, 5.74) is 1.50. The lowest BCUT2D eigenvalue weighted by molar-refractivity contribution is -0.384. The first-order valence-electron chi connectivity index (χ1n) is 8.25. The molecule has 0 aliphatic carbocycles. The molecular formula is C19H20N2O5. The maximum atomic E-state index is 12.2. The Labute approximate surface area is 151 Å². The Bertz CT molecular complexity index is 830. The number of ether oxygens (including phenoxy) is 2. The molecule has 1 aliphatic heterocycles. The number of nitro benzene ring substituents is 1. The van der Waals surface area contributed by atoms with Crippen LogP contribution in [0.2, 0.25) is 0 Å². The van der Waals surface area contributed by atoms with Gasteiger partial charge in [-0.2, -0.15) is 0 Å². The number of nitrogens with zero attached hydrogens (tertiary/aromatic N) is 1. The second kappa shape index (κ2) is 7.03. The van der Waals surface area contributed by atoms with Gasteiger partial charge < -0.3 is 14.8 Å². The molecule has 2 aromatic carbocycles. The summed E-state index contributed by atoms with van der Waals surface area (Å²) in [5.74, 6) is 1.31. The van der Waals surface area contributed by atoms with Crippen molar-refractivity contribution < 1.29 is 19.2 Å². The van der Waals surface area contributed by atoms with Gasteiger partial charge in [-0.05, 0) is 23.3 Å². The molecule has 1 aliphatic rings. The number of hydrogen-bond acceptors (Lipinski definition) is 5. The average molecular weight is 356 g/mol. The number of nitro groups is 1. The molecule has 1 amide bonds. The Kier molecular flexibility index (Phi) is 4.79. The van der Waals surface area contributed by atoms with Crippen molar-refractivity contribution in [2.45, 2.75) is 25.7 Å². The summed E-state index contributed by atoms with van der Waals surface area (Å²) in [6.07, 6.45) is 0.176. The van der Waals surface area contributed by atoms with Crippen LogP contribution in [0.1, 0.15) is 25.0 Å². The van der Waals surface area contributed by atoms with Gasteiger partial charge in [0, 0.05) is 24.1 Å². The maximum Gasteiger partial charge on any atom is 0.269 e. The van der Waals surface area contributed by atoms with Crippen molar-refractivity contribution >= 4 is 11.6 Å². The zero-order valence-corrected chi connectivity index (χ0v) is 14.7. The normalized spacial score (nSPS) is 12.7. The quantitative estimate of drug-likeness (QED) is 0.635. The first kappa shape index (κ1) is 17.7. The highest BCUT2D eigenvalue weighted by Gasteiger charge is 2.24. The van der Waals surface area contributed by atoms with Crippen molar-refractivity contribution in [3.8, 4) is 11.5 Å². The van der Waals surface area contributed by atoms with E-state index in [2.05, 4.69) is 5.32 Å². The standard InChI is InChI=1S/C19H20N2O5/c1-19(2,14-5-8-16-17(10-14)26-12-25-16)11-20-18(22)9-13-3-6-15(7-4-13)21(23)24/h3-8,10H,9,11-12H2,1-2H3,(H,20,22). The summed E-state index contributed by atoms with van der Waals surface area (Å²) in [6, 6.07) is 11.8. The number of non-ortho nitro benzene ring substituents is 1. The first-order valence-corrected chi connectivity index (χ1v) is 8.25. The van der Waals surface area contributed by atoms with Crippen LogP contribution < -0.4 is 14.8 Å². The van der Waals surface area contributed by atoms with Gasteiger partial charge in [-0.25, -0.2) is 0 Å². The molecule has 0 aromatic heterocycles. The average Bonchev–Trinajstić information content (AvgIpc) is 3.08. The lowest BCUT2D eigenvalue weighted by atomic mass is 9.84. The van der Waals surface area contributed by atoms with E-state index in [1.54, 1.807) is 12.1 Å². The fraction of sp³-hybridized carbons (Fsp3) is 0.316. The minimum absolute atomic E-state index is 0.0121. The molecule has 0 saturated carbocycles. The molecule has 0 saturated heterocycles. The fourth-order valence-electron chi connectivity index (χ4n) is 2.72. The number of carbonyl (C=O) groups excluding carboxylic acids is 1. The third-order valence-corrected chi connectivity index (χ3v) is 4.39. The number of fused-ring (bicyclic) bond motifs is 1. The summed E-state index contributed by atoms with van der Waals surface area (Å²) in [6.45, 7) is 4.76. The highest BCUT2D eigenvalue weighted by atomic mass is 16.7. The van der Waals surface area contributed by atoms with E-state index in [1.165, 1.54) is 12.1 Å². The molecule has 0 spiro atoms. The van der Waals surface area contributed by atoms with Crippen molar-refractivity contribution in [1.82, 2.24) is 5.32 Å². The van der Waals surface area contributed by atoms with Crippen LogP contribution in [0, 0.1) is 10.1 Å². The molecule has 1 heterocycles. The molecule has 0 fully saturated rings. The van der Waals surface area contributed by atoms with Crippen LogP contribution in [-0.2, 0) is 16.6 Å². The van der Waals surface area contributed by atoms with Crippen molar-refractivity contribution in [3.63, 3.8) is 0 Å². The Morgan fingerprint density at radius 1 is 1.15 bits per heavy atom. The zero-order valence-electron chi connectivity index (χ0n) is 14.7. The molecule has 26 heavy (non-hydrogen) atoms. The number of nitrogens with one attached hydrogen (secondary N) is 1. The van der Waals surface area contributed by atoms with E-state index in [9.17, 15) is 14.9 Å². The molecular weight excluding hydrogens is 336 g/mol. The van der Waals surface area contributed by atoms with Crippen LogP contribution in [-0.4, -0.2) is 24.2 Å². The molecule has 7 heteroatoms. The Hall–Kier alpha value is -3.09. The molecule has 7 nitrogen and oxygen atoms in total. The van der Waals surface area contributed by atoms with E-state index in [0.29, 0.717) is 12.3 Å². The van der Waals surface area contributed by atoms with E-state index in [4.69, 9.17) is 9.47 Å². The molecule has 0 unspecified atom stereocenters. The van der Waals surface area contributed by atoms with E-state index in [-0.39, 0.29) is 30.2 Å². The molecule has 0 atom stereocenters. The Morgan fingerprint density at radius 2 is 1.85 bits per heavy atom. The first-order chi connectivity index (χ1) is 12.3. The van der Waals surface area contributed by atoms with Crippen LogP contribution in [0.15, 0.2) is 42.5 Å². The number of hydrogen-bond donors (Lipinski definition) is 1. The summed E-state index contributed by atoms with van der Waals surface area (Å²) < 4.78 is 10.7. The number of rotatable bonds is 6. The van der Waals surface area contributed by atoms with E-state index >= 15 is 0 Å². The van der Waals surface area contributed by atoms with E-state index in [1.807, 2.05) is 32.0 Å².